The highest BCUT2D eigenvalue weighted by atomic mass is 19.1. The van der Waals surface area contributed by atoms with Gasteiger partial charge in [-0.3, -0.25) is 0 Å². The summed E-state index contributed by atoms with van der Waals surface area (Å²) in [5, 5.41) is 0. The smallest absolute Gasteiger partial charge is 0.258 e. The summed E-state index contributed by atoms with van der Waals surface area (Å²) in [7, 11) is 0. The van der Waals surface area contributed by atoms with Crippen LogP contribution in [0.3, 0.4) is 0 Å². The second kappa shape index (κ2) is 5.22. The number of halogens is 2. The van der Waals surface area contributed by atoms with Gasteiger partial charge in [0.15, 0.2) is 17.5 Å². The van der Waals surface area contributed by atoms with Crippen LogP contribution in [0.4, 0.5) is 14.6 Å². The zero-order valence-electron chi connectivity index (χ0n) is 10.7. The fraction of sp³-hybridized carbons (Fsp3) is 0.214. The highest BCUT2D eigenvalue weighted by molar-refractivity contribution is 5.37. The van der Waals surface area contributed by atoms with E-state index in [0.717, 1.165) is 5.56 Å². The molecule has 0 saturated carbocycles. The lowest BCUT2D eigenvalue weighted by molar-refractivity contribution is 0.418. The van der Waals surface area contributed by atoms with Crippen molar-refractivity contribution in [2.24, 2.45) is 0 Å². The van der Waals surface area contributed by atoms with Gasteiger partial charge >= 0.3 is 0 Å². The van der Waals surface area contributed by atoms with Gasteiger partial charge in [0.2, 0.25) is 0 Å². The first-order valence-electron chi connectivity index (χ1n) is 5.86. The Morgan fingerprint density at radius 2 is 1.74 bits per heavy atom. The summed E-state index contributed by atoms with van der Waals surface area (Å²) < 4.78 is 31.6. The summed E-state index contributed by atoms with van der Waals surface area (Å²) in [6.45, 7) is 4.13. The van der Waals surface area contributed by atoms with E-state index < -0.39 is 17.5 Å². The Hall–Kier alpha value is -2.17. The minimum atomic E-state index is -0.903. The molecule has 0 radical (unpaired) electrons. The lowest BCUT2D eigenvalue weighted by Crippen LogP contribution is -2.00. The van der Waals surface area contributed by atoms with Crippen molar-refractivity contribution in [1.29, 1.82) is 0 Å². The number of nitrogens with zero attached hydrogens (tertiary/aromatic N) is 1. The van der Waals surface area contributed by atoms with Gasteiger partial charge in [-0.25, -0.2) is 8.78 Å². The molecule has 0 amide bonds. The Kier molecular flexibility index (Phi) is 3.64. The van der Waals surface area contributed by atoms with Crippen molar-refractivity contribution in [2.45, 2.75) is 19.8 Å². The molecule has 0 aliphatic carbocycles. The molecule has 0 fully saturated rings. The van der Waals surface area contributed by atoms with Gasteiger partial charge in [0.25, 0.3) is 5.88 Å². The Morgan fingerprint density at radius 3 is 2.32 bits per heavy atom. The molecule has 3 nitrogen and oxygen atoms in total. The molecular formula is C14H14F2N2O. The topological polar surface area (TPSA) is 48.1 Å². The maximum absolute atomic E-state index is 13.4. The van der Waals surface area contributed by atoms with Gasteiger partial charge < -0.3 is 10.5 Å². The SMILES string of the molecule is CC(C)c1ccc(Oc2nc(N)c(F)cc2F)cc1. The molecule has 0 aliphatic heterocycles. The van der Waals surface area contributed by atoms with Crippen LogP contribution in [0.1, 0.15) is 25.3 Å². The quantitative estimate of drug-likeness (QED) is 0.915. The molecule has 5 heteroatoms. The number of ether oxygens (including phenoxy) is 1. The standard InChI is InChI=1S/C14H14F2N2O/c1-8(2)9-3-5-10(6-4-9)19-14-12(16)7-11(15)13(17)18-14/h3-8H,1-2H3,(H2,17,18). The number of rotatable bonds is 3. The van der Waals surface area contributed by atoms with Crippen molar-refractivity contribution in [1.82, 2.24) is 4.98 Å². The van der Waals surface area contributed by atoms with Crippen LogP contribution < -0.4 is 10.5 Å². The van der Waals surface area contributed by atoms with E-state index in [1.165, 1.54) is 0 Å². The van der Waals surface area contributed by atoms with Gasteiger partial charge in [0, 0.05) is 6.07 Å². The van der Waals surface area contributed by atoms with Crippen LogP contribution >= 0.6 is 0 Å². The van der Waals surface area contributed by atoms with Crippen LogP contribution in [0, 0.1) is 11.6 Å². The van der Waals surface area contributed by atoms with Crippen molar-refractivity contribution in [3.63, 3.8) is 0 Å². The minimum absolute atomic E-state index is 0.337. The highest BCUT2D eigenvalue weighted by Gasteiger charge is 2.12. The highest BCUT2D eigenvalue weighted by Crippen LogP contribution is 2.26. The van der Waals surface area contributed by atoms with Crippen molar-refractivity contribution in [3.8, 4) is 11.6 Å². The van der Waals surface area contributed by atoms with Crippen LogP contribution in [0.25, 0.3) is 0 Å². The monoisotopic (exact) mass is 264 g/mol. The molecule has 1 heterocycles. The Balaban J connectivity index is 2.24. The zero-order chi connectivity index (χ0) is 14.0. The summed E-state index contributed by atoms with van der Waals surface area (Å²) in [5.74, 6) is -1.71. The number of aromatic nitrogens is 1. The van der Waals surface area contributed by atoms with E-state index in [9.17, 15) is 8.78 Å². The van der Waals surface area contributed by atoms with E-state index in [0.29, 0.717) is 17.7 Å². The second-order valence-electron chi connectivity index (χ2n) is 4.47. The second-order valence-corrected chi connectivity index (χ2v) is 4.47. The van der Waals surface area contributed by atoms with Crippen molar-refractivity contribution in [3.05, 3.63) is 47.5 Å². The fourth-order valence-corrected chi connectivity index (χ4v) is 1.57. The Labute approximate surface area is 110 Å². The van der Waals surface area contributed by atoms with E-state index in [2.05, 4.69) is 18.8 Å². The van der Waals surface area contributed by atoms with E-state index in [4.69, 9.17) is 10.5 Å². The summed E-state index contributed by atoms with van der Waals surface area (Å²) in [6, 6.07) is 7.82. The van der Waals surface area contributed by atoms with E-state index in [-0.39, 0.29) is 5.88 Å². The van der Waals surface area contributed by atoms with Crippen LogP contribution in [0.15, 0.2) is 30.3 Å². The molecule has 19 heavy (non-hydrogen) atoms. The largest absolute Gasteiger partial charge is 0.436 e. The Morgan fingerprint density at radius 1 is 1.11 bits per heavy atom. The summed E-state index contributed by atoms with van der Waals surface area (Å²) in [5.41, 5.74) is 6.41. The number of pyridine rings is 1. The number of nitrogen functional groups attached to an aromatic ring is 1. The van der Waals surface area contributed by atoms with Crippen LogP contribution in [-0.2, 0) is 0 Å². The van der Waals surface area contributed by atoms with Gasteiger partial charge in [-0.15, -0.1) is 0 Å². The fourth-order valence-electron chi connectivity index (χ4n) is 1.57. The van der Waals surface area contributed by atoms with Gasteiger partial charge in [-0.1, -0.05) is 26.0 Å². The number of hydrogen-bond donors (Lipinski definition) is 1. The van der Waals surface area contributed by atoms with Crippen LogP contribution in [0.2, 0.25) is 0 Å². The zero-order valence-corrected chi connectivity index (χ0v) is 10.7. The lowest BCUT2D eigenvalue weighted by atomic mass is 10.0. The van der Waals surface area contributed by atoms with Crippen LogP contribution in [0.5, 0.6) is 11.6 Å². The summed E-state index contributed by atoms with van der Waals surface area (Å²) in [6.07, 6.45) is 0. The summed E-state index contributed by atoms with van der Waals surface area (Å²) >= 11 is 0. The van der Waals surface area contributed by atoms with Crippen molar-refractivity contribution >= 4 is 5.82 Å². The Bertz CT molecular complexity index is 583. The molecular weight excluding hydrogens is 250 g/mol. The third kappa shape index (κ3) is 2.99. The van der Waals surface area contributed by atoms with Crippen molar-refractivity contribution in [2.75, 3.05) is 5.73 Å². The molecule has 0 saturated heterocycles. The number of benzene rings is 1. The first-order chi connectivity index (χ1) is 8.97. The number of anilines is 1. The summed E-state index contributed by atoms with van der Waals surface area (Å²) in [4.78, 5) is 3.53. The van der Waals surface area contributed by atoms with Gasteiger partial charge in [-0.05, 0) is 23.6 Å². The first-order valence-corrected chi connectivity index (χ1v) is 5.86. The molecule has 100 valence electrons. The first kappa shape index (κ1) is 13.3. The molecule has 0 aliphatic rings. The third-order valence-electron chi connectivity index (χ3n) is 2.69. The predicted octanol–water partition coefficient (Wildman–Crippen LogP) is 3.86. The minimum Gasteiger partial charge on any atom is -0.436 e. The van der Waals surface area contributed by atoms with E-state index >= 15 is 0 Å². The third-order valence-corrected chi connectivity index (χ3v) is 2.69. The molecule has 0 bridgehead atoms. The van der Waals surface area contributed by atoms with Gasteiger partial charge in [-0.2, -0.15) is 4.98 Å². The number of nitrogens with two attached hydrogens (primary N) is 1. The van der Waals surface area contributed by atoms with Crippen molar-refractivity contribution < 1.29 is 13.5 Å². The van der Waals surface area contributed by atoms with Gasteiger partial charge in [0.1, 0.15) is 5.75 Å². The average molecular weight is 264 g/mol. The molecule has 2 rings (SSSR count). The molecule has 2 N–H and O–H groups in total. The molecule has 0 atom stereocenters. The molecule has 0 unspecified atom stereocenters. The molecule has 0 spiro atoms. The van der Waals surface area contributed by atoms with Gasteiger partial charge in [0.05, 0.1) is 0 Å². The molecule has 1 aromatic heterocycles. The molecule has 1 aromatic carbocycles. The maximum atomic E-state index is 13.4. The lowest BCUT2D eigenvalue weighted by Gasteiger charge is -2.09. The molecule has 2 aromatic rings. The normalized spacial score (nSPS) is 10.8. The van der Waals surface area contributed by atoms with E-state index in [1.54, 1.807) is 12.1 Å². The maximum Gasteiger partial charge on any atom is 0.258 e. The van der Waals surface area contributed by atoms with Crippen LogP contribution in [-0.4, -0.2) is 4.98 Å². The number of hydrogen-bond acceptors (Lipinski definition) is 3. The predicted molar refractivity (Wildman–Crippen MR) is 69.2 cm³/mol. The van der Waals surface area contributed by atoms with E-state index in [1.807, 2.05) is 12.1 Å². The average Bonchev–Trinajstić information content (AvgIpc) is 2.36.